The lowest BCUT2D eigenvalue weighted by atomic mass is 10.2. The molecule has 0 aliphatic heterocycles. The Bertz CT molecular complexity index is 556. The zero-order valence-corrected chi connectivity index (χ0v) is 13.8. The van der Waals surface area contributed by atoms with E-state index in [9.17, 15) is 8.42 Å². The van der Waals surface area contributed by atoms with Crippen molar-refractivity contribution in [3.8, 4) is 5.75 Å². The monoisotopic (exact) mass is 316 g/mol. The Balaban J connectivity index is 2.74. The van der Waals surface area contributed by atoms with Crippen LogP contribution >= 0.6 is 0 Å². The number of para-hydroxylation sites is 1. The van der Waals surface area contributed by atoms with Gasteiger partial charge in [0.2, 0.25) is 10.0 Å². The van der Waals surface area contributed by atoms with Crippen LogP contribution in [-0.2, 0) is 14.8 Å². The van der Waals surface area contributed by atoms with Crippen molar-refractivity contribution < 1.29 is 17.9 Å². The molecule has 0 radical (unpaired) electrons. The van der Waals surface area contributed by atoms with Crippen LogP contribution in [0.5, 0.6) is 5.75 Å². The minimum Gasteiger partial charge on any atom is -0.489 e. The van der Waals surface area contributed by atoms with E-state index >= 15 is 0 Å². The number of nitrogens with two attached hydrogens (primary N) is 1. The lowest BCUT2D eigenvalue weighted by Crippen LogP contribution is -2.23. The summed E-state index contributed by atoms with van der Waals surface area (Å²) in [6.07, 6.45) is 0. The van der Waals surface area contributed by atoms with Gasteiger partial charge in [0.15, 0.2) is 0 Å². The summed E-state index contributed by atoms with van der Waals surface area (Å²) in [4.78, 5) is 0.0492. The molecule has 1 aromatic carbocycles. The summed E-state index contributed by atoms with van der Waals surface area (Å²) in [5, 5.41) is 0. The minimum atomic E-state index is -3.58. The molecule has 0 fully saturated rings. The van der Waals surface area contributed by atoms with Crippen molar-refractivity contribution in [3.63, 3.8) is 0 Å². The van der Waals surface area contributed by atoms with E-state index in [0.717, 1.165) is 4.31 Å². The third kappa shape index (κ3) is 4.87. The first-order valence-electron chi connectivity index (χ1n) is 6.78. The Kier molecular flexibility index (Phi) is 6.44. The SMILES string of the molecule is CC(C)COCCOc1cccc(S(=O)(=O)N(C)C)c1N. The summed E-state index contributed by atoms with van der Waals surface area (Å²) in [7, 11) is -0.659. The summed E-state index contributed by atoms with van der Waals surface area (Å²) < 4.78 is 36.3. The molecule has 120 valence electrons. The number of anilines is 1. The molecule has 0 aliphatic rings. The van der Waals surface area contributed by atoms with Gasteiger partial charge in [-0.3, -0.25) is 0 Å². The summed E-state index contributed by atoms with van der Waals surface area (Å²) >= 11 is 0. The van der Waals surface area contributed by atoms with Crippen LogP contribution in [0.2, 0.25) is 0 Å². The topological polar surface area (TPSA) is 81.9 Å². The summed E-state index contributed by atoms with van der Waals surface area (Å²) in [5.74, 6) is 0.815. The first-order chi connectivity index (χ1) is 9.76. The van der Waals surface area contributed by atoms with Gasteiger partial charge in [0, 0.05) is 20.7 Å². The Labute approximate surface area is 126 Å². The van der Waals surface area contributed by atoms with Gasteiger partial charge in [0.05, 0.1) is 12.3 Å². The summed E-state index contributed by atoms with van der Waals surface area (Å²) in [5.41, 5.74) is 6.02. The van der Waals surface area contributed by atoms with E-state index in [1.807, 2.05) is 0 Å². The van der Waals surface area contributed by atoms with Crippen molar-refractivity contribution in [2.45, 2.75) is 18.7 Å². The molecule has 0 aliphatic carbocycles. The van der Waals surface area contributed by atoms with E-state index in [0.29, 0.717) is 31.5 Å². The Morgan fingerprint density at radius 3 is 2.48 bits per heavy atom. The van der Waals surface area contributed by atoms with Gasteiger partial charge >= 0.3 is 0 Å². The number of nitrogen functional groups attached to an aromatic ring is 1. The standard InChI is InChI=1S/C14H24N2O4S/c1-11(2)10-19-8-9-20-12-6-5-7-13(14(12)15)21(17,18)16(3)4/h5-7,11H,8-10,15H2,1-4H3. The van der Waals surface area contributed by atoms with Crippen molar-refractivity contribution >= 4 is 15.7 Å². The van der Waals surface area contributed by atoms with Crippen LogP contribution in [0.3, 0.4) is 0 Å². The average molecular weight is 316 g/mol. The molecule has 0 amide bonds. The first kappa shape index (κ1) is 17.7. The molecule has 2 N–H and O–H groups in total. The van der Waals surface area contributed by atoms with Crippen LogP contribution < -0.4 is 10.5 Å². The molecule has 21 heavy (non-hydrogen) atoms. The van der Waals surface area contributed by atoms with Crippen molar-refractivity contribution in [2.24, 2.45) is 5.92 Å². The molecule has 1 rings (SSSR count). The highest BCUT2D eigenvalue weighted by molar-refractivity contribution is 7.89. The van der Waals surface area contributed by atoms with Crippen LogP contribution in [0.25, 0.3) is 0 Å². The maximum atomic E-state index is 12.1. The van der Waals surface area contributed by atoms with E-state index in [1.54, 1.807) is 12.1 Å². The predicted molar refractivity (Wildman–Crippen MR) is 82.9 cm³/mol. The smallest absolute Gasteiger partial charge is 0.244 e. The molecule has 0 saturated heterocycles. The number of sulfonamides is 1. The molecule has 0 saturated carbocycles. The van der Waals surface area contributed by atoms with Gasteiger partial charge in [-0.1, -0.05) is 19.9 Å². The predicted octanol–water partition coefficient (Wildman–Crippen LogP) is 1.57. The second-order valence-electron chi connectivity index (χ2n) is 5.27. The Morgan fingerprint density at radius 2 is 1.90 bits per heavy atom. The van der Waals surface area contributed by atoms with Crippen molar-refractivity contribution in [1.82, 2.24) is 4.31 Å². The molecular weight excluding hydrogens is 292 g/mol. The quantitative estimate of drug-likeness (QED) is 0.581. The number of hydrogen-bond donors (Lipinski definition) is 1. The highest BCUT2D eigenvalue weighted by atomic mass is 32.2. The first-order valence-corrected chi connectivity index (χ1v) is 8.22. The van der Waals surface area contributed by atoms with Gasteiger partial charge in [0.1, 0.15) is 17.3 Å². The fourth-order valence-corrected chi connectivity index (χ4v) is 2.62. The lowest BCUT2D eigenvalue weighted by molar-refractivity contribution is 0.0820. The van der Waals surface area contributed by atoms with Crippen LogP contribution in [-0.4, -0.2) is 46.6 Å². The second kappa shape index (κ2) is 7.63. The minimum absolute atomic E-state index is 0.0492. The van der Waals surface area contributed by atoms with Crippen LogP contribution in [0, 0.1) is 5.92 Å². The third-order valence-electron chi connectivity index (χ3n) is 2.72. The second-order valence-corrected chi connectivity index (χ2v) is 7.39. The van der Waals surface area contributed by atoms with Crippen LogP contribution in [0.15, 0.2) is 23.1 Å². The van der Waals surface area contributed by atoms with Crippen molar-refractivity contribution in [2.75, 3.05) is 39.6 Å². The van der Waals surface area contributed by atoms with Crippen molar-refractivity contribution in [1.29, 1.82) is 0 Å². The van der Waals surface area contributed by atoms with E-state index in [4.69, 9.17) is 15.2 Å². The molecule has 0 atom stereocenters. The molecule has 6 nitrogen and oxygen atoms in total. The maximum Gasteiger partial charge on any atom is 0.244 e. The Morgan fingerprint density at radius 1 is 1.24 bits per heavy atom. The number of nitrogens with zero attached hydrogens (tertiary/aromatic N) is 1. The van der Waals surface area contributed by atoms with Gasteiger partial charge in [-0.15, -0.1) is 0 Å². The summed E-state index contributed by atoms with van der Waals surface area (Å²) in [6.45, 7) is 5.54. The number of benzene rings is 1. The van der Waals surface area contributed by atoms with E-state index in [-0.39, 0.29) is 10.6 Å². The van der Waals surface area contributed by atoms with Crippen LogP contribution in [0.1, 0.15) is 13.8 Å². The number of ether oxygens (including phenoxy) is 2. The van der Waals surface area contributed by atoms with Gasteiger partial charge < -0.3 is 15.2 Å². The van der Waals surface area contributed by atoms with E-state index in [2.05, 4.69) is 13.8 Å². The summed E-state index contributed by atoms with van der Waals surface area (Å²) in [6, 6.07) is 4.72. The number of rotatable bonds is 8. The van der Waals surface area contributed by atoms with E-state index in [1.165, 1.54) is 20.2 Å². The molecule has 1 aromatic rings. The molecular formula is C14H24N2O4S. The fourth-order valence-electron chi connectivity index (χ4n) is 1.60. The molecule has 0 heterocycles. The fraction of sp³-hybridized carbons (Fsp3) is 0.571. The lowest BCUT2D eigenvalue weighted by Gasteiger charge is -2.16. The molecule has 0 aromatic heterocycles. The van der Waals surface area contributed by atoms with Crippen LogP contribution in [0.4, 0.5) is 5.69 Å². The van der Waals surface area contributed by atoms with Gasteiger partial charge in [-0.05, 0) is 18.1 Å². The average Bonchev–Trinajstić information content (AvgIpc) is 2.39. The molecule has 0 unspecified atom stereocenters. The maximum absolute atomic E-state index is 12.1. The largest absolute Gasteiger partial charge is 0.489 e. The Hall–Kier alpha value is -1.31. The highest BCUT2D eigenvalue weighted by Crippen LogP contribution is 2.29. The van der Waals surface area contributed by atoms with Gasteiger partial charge in [0.25, 0.3) is 0 Å². The van der Waals surface area contributed by atoms with Gasteiger partial charge in [-0.25, -0.2) is 12.7 Å². The van der Waals surface area contributed by atoms with Gasteiger partial charge in [-0.2, -0.15) is 0 Å². The molecule has 0 bridgehead atoms. The highest BCUT2D eigenvalue weighted by Gasteiger charge is 2.22. The van der Waals surface area contributed by atoms with E-state index < -0.39 is 10.0 Å². The third-order valence-corrected chi connectivity index (χ3v) is 4.59. The van der Waals surface area contributed by atoms with Crippen molar-refractivity contribution in [3.05, 3.63) is 18.2 Å². The molecule has 0 spiro atoms. The zero-order valence-electron chi connectivity index (χ0n) is 13.0. The molecule has 7 heteroatoms. The zero-order chi connectivity index (χ0) is 16.0. The number of hydrogen-bond acceptors (Lipinski definition) is 5. The normalized spacial score (nSPS) is 12.1.